The van der Waals surface area contributed by atoms with E-state index in [0.717, 1.165) is 5.70 Å². The summed E-state index contributed by atoms with van der Waals surface area (Å²) in [4.78, 5) is 0. The molecule has 0 amide bonds. The number of nitrogens with zero attached hydrogens (tertiary/aromatic N) is 1. The van der Waals surface area contributed by atoms with Crippen molar-refractivity contribution in [1.82, 2.24) is 5.32 Å². The monoisotopic (exact) mass is 243 g/mol. The van der Waals surface area contributed by atoms with Gasteiger partial charge in [-0.3, -0.25) is 0 Å². The molecule has 0 spiro atoms. The topological polar surface area (TPSA) is 15.0 Å². The molecule has 0 saturated heterocycles. The van der Waals surface area contributed by atoms with E-state index in [1.165, 1.54) is 5.57 Å². The molecule has 1 N–H and O–H groups in total. The van der Waals surface area contributed by atoms with E-state index in [1.807, 2.05) is 18.5 Å². The molecule has 0 aliphatic rings. The van der Waals surface area contributed by atoms with Crippen molar-refractivity contribution in [2.75, 3.05) is 12.9 Å². The zero-order chi connectivity index (χ0) is 12.7. The summed E-state index contributed by atoms with van der Waals surface area (Å²) in [6, 6.07) is 0. The molecule has 0 aromatic carbocycles. The zero-order valence-corrected chi connectivity index (χ0v) is 11.8. The second-order valence-corrected chi connectivity index (χ2v) is 4.72. The van der Waals surface area contributed by atoms with Gasteiger partial charge in [-0.2, -0.15) is 0 Å². The lowest BCUT2D eigenvalue weighted by atomic mass is 10.0. The standard InChI is InChI=1S/C13H24ClN2/c1-10(2)13(9-14)8-7-11(3)15-12(4)16(5)6/h7-8,10,12,15H,5,9H2,1-4,6H3/q+1. The third-order valence-electron chi connectivity index (χ3n) is 2.54. The number of hydrogen-bond acceptors (Lipinski definition) is 1. The van der Waals surface area contributed by atoms with E-state index in [9.17, 15) is 0 Å². The Morgan fingerprint density at radius 3 is 2.31 bits per heavy atom. The Morgan fingerprint density at radius 2 is 1.94 bits per heavy atom. The average molecular weight is 244 g/mol. The fraction of sp³-hybridized carbons (Fsp3) is 0.615. The SMILES string of the molecule is C=[N+](C)C(C)NC(C)=CC=C(CCl)C(C)C. The zero-order valence-electron chi connectivity index (χ0n) is 11.0. The minimum atomic E-state index is 0.225. The maximum absolute atomic E-state index is 5.87. The van der Waals surface area contributed by atoms with E-state index >= 15 is 0 Å². The van der Waals surface area contributed by atoms with E-state index < -0.39 is 0 Å². The molecule has 0 saturated carbocycles. The molecule has 0 aromatic rings. The van der Waals surface area contributed by atoms with Gasteiger partial charge in [-0.15, -0.1) is 11.6 Å². The summed E-state index contributed by atoms with van der Waals surface area (Å²) in [6.45, 7) is 12.3. The quantitative estimate of drug-likeness (QED) is 0.249. The van der Waals surface area contributed by atoms with E-state index in [4.69, 9.17) is 11.6 Å². The van der Waals surface area contributed by atoms with Crippen molar-refractivity contribution in [3.8, 4) is 0 Å². The molecule has 0 bridgehead atoms. The first-order valence-corrected chi connectivity index (χ1v) is 6.15. The minimum Gasteiger partial charge on any atom is -0.333 e. The van der Waals surface area contributed by atoms with Crippen LogP contribution < -0.4 is 5.32 Å². The molecule has 0 radical (unpaired) electrons. The number of alkyl halides is 1. The van der Waals surface area contributed by atoms with Gasteiger partial charge in [-0.1, -0.05) is 25.5 Å². The van der Waals surface area contributed by atoms with Crippen molar-refractivity contribution >= 4 is 18.3 Å². The largest absolute Gasteiger partial charge is 0.333 e. The lowest BCUT2D eigenvalue weighted by Crippen LogP contribution is -2.33. The minimum absolute atomic E-state index is 0.225. The fourth-order valence-corrected chi connectivity index (χ4v) is 1.51. The van der Waals surface area contributed by atoms with Crippen LogP contribution >= 0.6 is 11.6 Å². The molecule has 0 fully saturated rings. The van der Waals surface area contributed by atoms with Crippen molar-refractivity contribution in [2.45, 2.75) is 33.9 Å². The third kappa shape index (κ3) is 5.96. The Hall–Kier alpha value is -0.760. The number of rotatable bonds is 6. The van der Waals surface area contributed by atoms with Gasteiger partial charge in [0.25, 0.3) is 0 Å². The van der Waals surface area contributed by atoms with Gasteiger partial charge in [0.15, 0.2) is 0 Å². The van der Waals surface area contributed by atoms with Crippen LogP contribution in [0.25, 0.3) is 0 Å². The van der Waals surface area contributed by atoms with Crippen LogP contribution in [0.3, 0.4) is 0 Å². The molecule has 0 rings (SSSR count). The molecule has 92 valence electrons. The fourth-order valence-electron chi connectivity index (χ4n) is 1.11. The predicted molar refractivity (Wildman–Crippen MR) is 73.3 cm³/mol. The Kier molecular flexibility index (Phi) is 7.15. The third-order valence-corrected chi connectivity index (χ3v) is 2.85. The normalized spacial score (nSPS) is 15.2. The highest BCUT2D eigenvalue weighted by Crippen LogP contribution is 2.11. The van der Waals surface area contributed by atoms with Crippen LogP contribution in [0, 0.1) is 5.92 Å². The van der Waals surface area contributed by atoms with Crippen LogP contribution in [0.4, 0.5) is 0 Å². The van der Waals surface area contributed by atoms with Crippen molar-refractivity contribution < 1.29 is 4.58 Å². The van der Waals surface area contributed by atoms with Crippen molar-refractivity contribution in [1.29, 1.82) is 0 Å². The van der Waals surface area contributed by atoms with Gasteiger partial charge in [0, 0.05) is 18.5 Å². The van der Waals surface area contributed by atoms with Crippen molar-refractivity contribution in [3.63, 3.8) is 0 Å². The molecule has 16 heavy (non-hydrogen) atoms. The summed E-state index contributed by atoms with van der Waals surface area (Å²) in [5, 5.41) is 3.33. The first-order valence-electron chi connectivity index (χ1n) is 5.61. The first kappa shape index (κ1) is 15.2. The van der Waals surface area contributed by atoms with Gasteiger partial charge in [-0.05, 0) is 18.9 Å². The molecule has 0 aliphatic heterocycles. The van der Waals surface area contributed by atoms with Crippen LogP contribution in [-0.4, -0.2) is 30.4 Å². The lowest BCUT2D eigenvalue weighted by molar-refractivity contribution is -0.531. The molecule has 0 aliphatic carbocycles. The first-order chi connectivity index (χ1) is 7.38. The van der Waals surface area contributed by atoms with E-state index in [-0.39, 0.29) is 6.17 Å². The van der Waals surface area contributed by atoms with E-state index in [1.54, 1.807) is 0 Å². The van der Waals surface area contributed by atoms with Crippen LogP contribution in [0.1, 0.15) is 27.7 Å². The molecule has 0 aromatic heterocycles. The molecule has 1 atom stereocenters. The lowest BCUT2D eigenvalue weighted by Gasteiger charge is -2.11. The summed E-state index contributed by atoms with van der Waals surface area (Å²) >= 11 is 5.87. The number of halogens is 1. The van der Waals surface area contributed by atoms with Gasteiger partial charge in [0.05, 0.1) is 0 Å². The van der Waals surface area contributed by atoms with Crippen LogP contribution in [-0.2, 0) is 0 Å². The second-order valence-electron chi connectivity index (χ2n) is 4.46. The summed E-state index contributed by atoms with van der Waals surface area (Å²) in [5.74, 6) is 1.08. The summed E-state index contributed by atoms with van der Waals surface area (Å²) in [6.07, 6.45) is 4.39. The van der Waals surface area contributed by atoms with Gasteiger partial charge < -0.3 is 5.32 Å². The molecule has 0 heterocycles. The molecule has 3 heteroatoms. The highest BCUT2D eigenvalue weighted by Gasteiger charge is 2.06. The number of hydrogen-bond donors (Lipinski definition) is 1. The number of allylic oxidation sites excluding steroid dienone is 4. The van der Waals surface area contributed by atoms with Crippen molar-refractivity contribution in [3.05, 3.63) is 23.4 Å². The van der Waals surface area contributed by atoms with Gasteiger partial charge in [0.2, 0.25) is 6.17 Å². The Labute approximate surface area is 105 Å². The highest BCUT2D eigenvalue weighted by molar-refractivity contribution is 6.19. The molecular formula is C13H24ClN2+. The Morgan fingerprint density at radius 1 is 1.38 bits per heavy atom. The average Bonchev–Trinajstić information content (AvgIpc) is 2.17. The van der Waals surface area contributed by atoms with E-state index in [0.29, 0.717) is 11.8 Å². The van der Waals surface area contributed by atoms with Crippen LogP contribution in [0.5, 0.6) is 0 Å². The summed E-state index contributed by atoms with van der Waals surface area (Å²) in [5.41, 5.74) is 2.37. The Bertz CT molecular complexity index is 290. The summed E-state index contributed by atoms with van der Waals surface area (Å²) in [7, 11) is 1.94. The smallest absolute Gasteiger partial charge is 0.222 e. The maximum Gasteiger partial charge on any atom is 0.222 e. The van der Waals surface area contributed by atoms with Crippen molar-refractivity contribution in [2.24, 2.45) is 5.92 Å². The number of nitrogens with one attached hydrogen (secondary N) is 1. The molecule has 1 unspecified atom stereocenters. The van der Waals surface area contributed by atoms with E-state index in [2.05, 4.69) is 45.0 Å². The highest BCUT2D eigenvalue weighted by atomic mass is 35.5. The molecule has 2 nitrogen and oxygen atoms in total. The maximum atomic E-state index is 5.87. The predicted octanol–water partition coefficient (Wildman–Crippen LogP) is 2.99. The van der Waals surface area contributed by atoms with Gasteiger partial charge >= 0.3 is 0 Å². The van der Waals surface area contributed by atoms with Crippen LogP contribution in [0.2, 0.25) is 0 Å². The molecular weight excluding hydrogens is 220 g/mol. The second kappa shape index (κ2) is 7.50. The van der Waals surface area contributed by atoms with Gasteiger partial charge in [-0.25, -0.2) is 4.58 Å². The summed E-state index contributed by atoms with van der Waals surface area (Å²) < 4.78 is 1.88. The van der Waals surface area contributed by atoms with Crippen LogP contribution in [0.15, 0.2) is 23.4 Å². The van der Waals surface area contributed by atoms with Gasteiger partial charge in [0.1, 0.15) is 13.8 Å². The Balaban J connectivity index is 4.48.